The smallest absolute Gasteiger partial charge is 0.376 e. The molecule has 1 amide bonds. The zero-order valence-electron chi connectivity index (χ0n) is 14.7. The molecule has 0 fully saturated rings. The summed E-state index contributed by atoms with van der Waals surface area (Å²) in [5.74, 6) is -0.860. The van der Waals surface area contributed by atoms with Crippen LogP contribution in [0.1, 0.15) is 42.5 Å². The molecular formula is C20H22F3NO2. The van der Waals surface area contributed by atoms with Crippen LogP contribution in [-0.4, -0.2) is 17.2 Å². The highest BCUT2D eigenvalue weighted by Gasteiger charge is 2.56. The van der Waals surface area contributed by atoms with Crippen molar-refractivity contribution in [3.63, 3.8) is 0 Å². The Labute approximate surface area is 150 Å². The molecule has 2 N–H and O–H groups in total. The van der Waals surface area contributed by atoms with Gasteiger partial charge in [0.15, 0.2) is 5.60 Å². The van der Waals surface area contributed by atoms with Crippen molar-refractivity contribution in [2.75, 3.05) is 0 Å². The second kappa shape index (κ2) is 7.91. The van der Waals surface area contributed by atoms with Crippen LogP contribution in [0.3, 0.4) is 0 Å². The monoisotopic (exact) mass is 365 g/mol. The molecule has 0 saturated heterocycles. The summed E-state index contributed by atoms with van der Waals surface area (Å²) in [4.78, 5) is 12.3. The van der Waals surface area contributed by atoms with Crippen LogP contribution in [0.25, 0.3) is 0 Å². The highest BCUT2D eigenvalue weighted by atomic mass is 19.4. The van der Waals surface area contributed by atoms with Crippen molar-refractivity contribution < 1.29 is 23.1 Å². The van der Waals surface area contributed by atoms with Crippen LogP contribution in [0.5, 0.6) is 0 Å². The Hall–Kier alpha value is -2.34. The maximum absolute atomic E-state index is 13.5. The number of nitrogens with one attached hydrogen (secondary N) is 1. The summed E-state index contributed by atoms with van der Waals surface area (Å²) in [5.41, 5.74) is -1.73. The van der Waals surface area contributed by atoms with E-state index in [9.17, 15) is 23.1 Å². The molecular weight excluding hydrogens is 343 g/mol. The number of aryl methyl sites for hydroxylation is 1. The molecule has 0 radical (unpaired) electrons. The Morgan fingerprint density at radius 1 is 1.08 bits per heavy atom. The average Bonchev–Trinajstić information content (AvgIpc) is 2.60. The molecule has 140 valence electrons. The fraction of sp³-hybridized carbons (Fsp3) is 0.350. The highest BCUT2D eigenvalue weighted by molar-refractivity contribution is 5.78. The fourth-order valence-electron chi connectivity index (χ4n) is 2.78. The summed E-state index contributed by atoms with van der Waals surface area (Å²) >= 11 is 0. The molecule has 26 heavy (non-hydrogen) atoms. The maximum atomic E-state index is 13.5. The van der Waals surface area contributed by atoms with Gasteiger partial charge in [-0.05, 0) is 24.5 Å². The fourth-order valence-corrected chi connectivity index (χ4v) is 2.78. The van der Waals surface area contributed by atoms with Crippen LogP contribution in [0.2, 0.25) is 0 Å². The normalized spacial score (nSPS) is 15.2. The van der Waals surface area contributed by atoms with Gasteiger partial charge in [0.1, 0.15) is 0 Å². The minimum atomic E-state index is -4.97. The largest absolute Gasteiger partial charge is 0.421 e. The molecule has 2 aromatic rings. The molecule has 2 aromatic carbocycles. The second-order valence-electron chi connectivity index (χ2n) is 6.34. The number of hydrogen-bond donors (Lipinski definition) is 2. The second-order valence-corrected chi connectivity index (χ2v) is 6.34. The van der Waals surface area contributed by atoms with Crippen LogP contribution in [0, 0.1) is 6.92 Å². The lowest BCUT2D eigenvalue weighted by atomic mass is 9.89. The third kappa shape index (κ3) is 4.43. The van der Waals surface area contributed by atoms with E-state index in [0.29, 0.717) is 6.42 Å². The van der Waals surface area contributed by atoms with Gasteiger partial charge in [0.05, 0.1) is 12.5 Å². The Kier molecular flexibility index (Phi) is 6.08. The summed E-state index contributed by atoms with van der Waals surface area (Å²) in [6.07, 6.45) is -5.55. The third-order valence-corrected chi connectivity index (χ3v) is 4.36. The molecule has 0 aliphatic carbocycles. The van der Waals surface area contributed by atoms with Crippen molar-refractivity contribution in [3.8, 4) is 0 Å². The van der Waals surface area contributed by atoms with E-state index < -0.39 is 30.1 Å². The van der Waals surface area contributed by atoms with Crippen molar-refractivity contribution in [1.29, 1.82) is 0 Å². The topological polar surface area (TPSA) is 49.3 Å². The highest BCUT2D eigenvalue weighted by Crippen LogP contribution is 2.41. The molecule has 0 unspecified atom stereocenters. The van der Waals surface area contributed by atoms with Crippen molar-refractivity contribution in [2.45, 2.75) is 44.5 Å². The quantitative estimate of drug-likeness (QED) is 0.797. The molecule has 2 atom stereocenters. The lowest BCUT2D eigenvalue weighted by Gasteiger charge is -2.31. The molecule has 0 spiro atoms. The molecule has 0 bridgehead atoms. The molecule has 0 aromatic heterocycles. The zero-order chi connectivity index (χ0) is 19.4. The predicted octanol–water partition coefficient (Wildman–Crippen LogP) is 4.40. The lowest BCUT2D eigenvalue weighted by Crippen LogP contribution is -2.46. The van der Waals surface area contributed by atoms with Crippen LogP contribution >= 0.6 is 0 Å². The number of hydrogen-bond acceptors (Lipinski definition) is 2. The number of halogens is 3. The van der Waals surface area contributed by atoms with Crippen molar-refractivity contribution in [2.24, 2.45) is 0 Å². The van der Waals surface area contributed by atoms with Crippen LogP contribution in [0.4, 0.5) is 13.2 Å². The lowest BCUT2D eigenvalue weighted by molar-refractivity contribution is -0.267. The van der Waals surface area contributed by atoms with E-state index in [2.05, 4.69) is 5.32 Å². The number of amides is 1. The van der Waals surface area contributed by atoms with Crippen molar-refractivity contribution >= 4 is 5.91 Å². The molecule has 0 aliphatic heterocycles. The van der Waals surface area contributed by atoms with E-state index >= 15 is 0 Å². The first-order valence-electron chi connectivity index (χ1n) is 8.38. The summed E-state index contributed by atoms with van der Waals surface area (Å²) in [6, 6.07) is 13.7. The number of benzene rings is 2. The molecule has 6 heteroatoms. The van der Waals surface area contributed by atoms with Gasteiger partial charge in [-0.25, -0.2) is 0 Å². The third-order valence-electron chi connectivity index (χ3n) is 4.36. The van der Waals surface area contributed by atoms with E-state index in [-0.39, 0.29) is 5.56 Å². The van der Waals surface area contributed by atoms with Gasteiger partial charge in [-0.15, -0.1) is 0 Å². The SMILES string of the molecule is CC[C@H](NC(=O)C[C@](O)(c1ccccc1)C(F)(F)F)c1ccc(C)cc1. The first-order chi connectivity index (χ1) is 12.2. The van der Waals surface area contributed by atoms with Crippen LogP contribution in [0.15, 0.2) is 54.6 Å². The standard InChI is InChI=1S/C20H22F3NO2/c1-3-17(15-11-9-14(2)10-12-15)24-18(25)13-19(26,20(21,22)23)16-7-5-4-6-8-16/h4-12,17,26H,3,13H2,1-2H3,(H,24,25)/t17-,19-/m0/s1. The maximum Gasteiger partial charge on any atom is 0.421 e. The van der Waals surface area contributed by atoms with Crippen molar-refractivity contribution in [1.82, 2.24) is 5.32 Å². The Bertz CT molecular complexity index is 729. The minimum absolute atomic E-state index is 0.356. The van der Waals surface area contributed by atoms with Gasteiger partial charge in [0.25, 0.3) is 0 Å². The minimum Gasteiger partial charge on any atom is -0.376 e. The molecule has 0 heterocycles. The van der Waals surface area contributed by atoms with E-state index in [1.807, 2.05) is 38.1 Å². The van der Waals surface area contributed by atoms with E-state index in [4.69, 9.17) is 0 Å². The number of aliphatic hydroxyl groups is 1. The molecule has 3 nitrogen and oxygen atoms in total. The number of carbonyl (C=O) groups excluding carboxylic acids is 1. The van der Waals surface area contributed by atoms with Gasteiger partial charge in [-0.3, -0.25) is 4.79 Å². The van der Waals surface area contributed by atoms with Gasteiger partial charge in [0.2, 0.25) is 5.91 Å². The summed E-state index contributed by atoms with van der Waals surface area (Å²) in [6.45, 7) is 3.75. The van der Waals surface area contributed by atoms with Gasteiger partial charge < -0.3 is 10.4 Å². The van der Waals surface area contributed by atoms with Gasteiger partial charge in [-0.2, -0.15) is 13.2 Å². The average molecular weight is 365 g/mol. The Morgan fingerprint density at radius 3 is 2.15 bits per heavy atom. The summed E-state index contributed by atoms with van der Waals surface area (Å²) in [5, 5.41) is 12.9. The molecule has 0 saturated carbocycles. The zero-order valence-corrected chi connectivity index (χ0v) is 14.7. The first kappa shape index (κ1) is 20.0. The molecule has 2 rings (SSSR count). The Morgan fingerprint density at radius 2 is 1.65 bits per heavy atom. The van der Waals surface area contributed by atoms with E-state index in [0.717, 1.165) is 23.3 Å². The number of carbonyl (C=O) groups is 1. The first-order valence-corrected chi connectivity index (χ1v) is 8.38. The van der Waals surface area contributed by atoms with E-state index in [1.54, 1.807) is 6.07 Å². The number of alkyl halides is 3. The predicted molar refractivity (Wildman–Crippen MR) is 93.4 cm³/mol. The summed E-state index contributed by atoms with van der Waals surface area (Å²) < 4.78 is 40.5. The van der Waals surface area contributed by atoms with Crippen LogP contribution in [-0.2, 0) is 10.4 Å². The number of rotatable bonds is 6. The Balaban J connectivity index is 2.20. The van der Waals surface area contributed by atoms with E-state index in [1.165, 1.54) is 12.1 Å². The van der Waals surface area contributed by atoms with Gasteiger partial charge in [-0.1, -0.05) is 67.1 Å². The van der Waals surface area contributed by atoms with Gasteiger partial charge in [0, 0.05) is 0 Å². The van der Waals surface area contributed by atoms with Crippen LogP contribution < -0.4 is 5.32 Å². The summed E-state index contributed by atoms with van der Waals surface area (Å²) in [7, 11) is 0. The van der Waals surface area contributed by atoms with Crippen molar-refractivity contribution in [3.05, 3.63) is 71.3 Å². The van der Waals surface area contributed by atoms with Gasteiger partial charge >= 0.3 is 6.18 Å². The molecule has 0 aliphatic rings.